The molecule has 1 aromatic carbocycles. The van der Waals surface area contributed by atoms with Gasteiger partial charge in [-0.1, -0.05) is 30.3 Å². The van der Waals surface area contributed by atoms with Crippen LogP contribution in [0.1, 0.15) is 41.8 Å². The third-order valence-corrected chi connectivity index (χ3v) is 5.66. The molecule has 0 atom stereocenters. The molecule has 156 valence electrons. The zero-order chi connectivity index (χ0) is 20.9. The number of rotatable bonds is 7. The van der Waals surface area contributed by atoms with Crippen LogP contribution in [0.25, 0.3) is 5.82 Å². The van der Waals surface area contributed by atoms with Gasteiger partial charge in [0.1, 0.15) is 12.1 Å². The first-order valence-electron chi connectivity index (χ1n) is 10.5. The van der Waals surface area contributed by atoms with E-state index in [-0.39, 0.29) is 5.91 Å². The lowest BCUT2D eigenvalue weighted by molar-refractivity contribution is -0.121. The number of carbonyl (C=O) groups excluding carboxylic acids is 1. The largest absolute Gasteiger partial charge is 0.356 e. The fourth-order valence-corrected chi connectivity index (χ4v) is 3.96. The first-order chi connectivity index (χ1) is 14.6. The average molecular weight is 405 g/mol. The van der Waals surface area contributed by atoms with E-state index in [0.29, 0.717) is 19.4 Å². The molecule has 3 aromatic rings. The van der Waals surface area contributed by atoms with Crippen molar-refractivity contribution in [3.05, 3.63) is 65.2 Å². The molecule has 0 aliphatic carbocycles. The number of carbonyl (C=O) groups is 1. The van der Waals surface area contributed by atoms with Crippen molar-refractivity contribution >= 4 is 11.7 Å². The molecular formula is C23H28N6O. The summed E-state index contributed by atoms with van der Waals surface area (Å²) in [6, 6.07) is 11.9. The molecule has 0 bridgehead atoms. The van der Waals surface area contributed by atoms with Gasteiger partial charge in [0.2, 0.25) is 5.91 Å². The standard InChI is InChI=1S/C23H28N6O/c1-17-20(10-11-23(30)24-15-19-8-4-3-5-9-19)18(2)29(27-17)22-14-21(25-16-26-22)28-12-6-7-13-28/h3-5,8-9,14,16H,6-7,10-13,15H2,1-2H3,(H,24,30). The highest BCUT2D eigenvalue weighted by atomic mass is 16.1. The van der Waals surface area contributed by atoms with Gasteiger partial charge in [-0.05, 0) is 44.2 Å². The van der Waals surface area contributed by atoms with Gasteiger partial charge in [-0.2, -0.15) is 5.10 Å². The lowest BCUT2D eigenvalue weighted by Gasteiger charge is -2.16. The zero-order valence-corrected chi connectivity index (χ0v) is 17.6. The summed E-state index contributed by atoms with van der Waals surface area (Å²) >= 11 is 0. The van der Waals surface area contributed by atoms with E-state index in [1.54, 1.807) is 6.33 Å². The van der Waals surface area contributed by atoms with Crippen molar-refractivity contribution in [3.63, 3.8) is 0 Å². The smallest absolute Gasteiger partial charge is 0.220 e. The van der Waals surface area contributed by atoms with Crippen LogP contribution in [0, 0.1) is 13.8 Å². The maximum absolute atomic E-state index is 12.3. The first kappa shape index (κ1) is 20.1. The van der Waals surface area contributed by atoms with Crippen LogP contribution in [-0.2, 0) is 17.8 Å². The van der Waals surface area contributed by atoms with E-state index in [2.05, 4.69) is 20.2 Å². The van der Waals surface area contributed by atoms with Gasteiger partial charge in [0.25, 0.3) is 0 Å². The lowest BCUT2D eigenvalue weighted by atomic mass is 10.1. The minimum atomic E-state index is 0.0451. The number of aromatic nitrogens is 4. The Balaban J connectivity index is 1.42. The van der Waals surface area contributed by atoms with Gasteiger partial charge in [-0.3, -0.25) is 4.79 Å². The molecule has 2 aromatic heterocycles. The predicted molar refractivity (Wildman–Crippen MR) is 117 cm³/mol. The van der Waals surface area contributed by atoms with Crippen molar-refractivity contribution in [2.75, 3.05) is 18.0 Å². The van der Waals surface area contributed by atoms with Crippen molar-refractivity contribution in [1.82, 2.24) is 25.1 Å². The Morgan fingerprint density at radius 2 is 1.80 bits per heavy atom. The molecule has 30 heavy (non-hydrogen) atoms. The van der Waals surface area contributed by atoms with E-state index >= 15 is 0 Å². The molecule has 4 rings (SSSR count). The minimum absolute atomic E-state index is 0.0451. The summed E-state index contributed by atoms with van der Waals surface area (Å²) in [7, 11) is 0. The molecule has 1 saturated heterocycles. The molecule has 7 nitrogen and oxygen atoms in total. The van der Waals surface area contributed by atoms with Crippen LogP contribution in [0.4, 0.5) is 5.82 Å². The Morgan fingerprint density at radius 1 is 1.07 bits per heavy atom. The Bertz CT molecular complexity index is 1010. The van der Waals surface area contributed by atoms with E-state index in [1.165, 1.54) is 12.8 Å². The van der Waals surface area contributed by atoms with Gasteiger partial charge < -0.3 is 10.2 Å². The van der Waals surface area contributed by atoms with Crippen molar-refractivity contribution in [1.29, 1.82) is 0 Å². The Labute approximate surface area is 177 Å². The third kappa shape index (κ3) is 4.50. The maximum Gasteiger partial charge on any atom is 0.220 e. The molecule has 0 radical (unpaired) electrons. The summed E-state index contributed by atoms with van der Waals surface area (Å²) in [6.07, 6.45) is 5.10. The second kappa shape index (κ2) is 9.07. The summed E-state index contributed by atoms with van der Waals surface area (Å²) in [6.45, 7) is 6.66. The summed E-state index contributed by atoms with van der Waals surface area (Å²) < 4.78 is 1.87. The molecule has 0 saturated carbocycles. The maximum atomic E-state index is 12.3. The SMILES string of the molecule is Cc1nn(-c2cc(N3CCCC3)ncn2)c(C)c1CCC(=O)NCc1ccccc1. The van der Waals surface area contributed by atoms with Gasteiger partial charge in [-0.15, -0.1) is 0 Å². The molecule has 1 amide bonds. The fourth-order valence-electron chi connectivity index (χ4n) is 3.96. The van der Waals surface area contributed by atoms with Gasteiger partial charge in [0.15, 0.2) is 5.82 Å². The van der Waals surface area contributed by atoms with E-state index in [0.717, 1.165) is 47.2 Å². The van der Waals surface area contributed by atoms with Crippen molar-refractivity contribution in [2.45, 2.75) is 46.1 Å². The molecule has 0 unspecified atom stereocenters. The quantitative estimate of drug-likeness (QED) is 0.655. The number of aryl methyl sites for hydroxylation is 1. The minimum Gasteiger partial charge on any atom is -0.356 e. The van der Waals surface area contributed by atoms with Gasteiger partial charge in [-0.25, -0.2) is 14.6 Å². The monoisotopic (exact) mass is 404 g/mol. The average Bonchev–Trinajstić information content (AvgIpc) is 3.40. The summed E-state index contributed by atoms with van der Waals surface area (Å²) in [5, 5.41) is 7.69. The Kier molecular flexibility index (Phi) is 6.07. The second-order valence-electron chi connectivity index (χ2n) is 7.75. The van der Waals surface area contributed by atoms with Crippen LogP contribution in [0.3, 0.4) is 0 Å². The van der Waals surface area contributed by atoms with Crippen LogP contribution >= 0.6 is 0 Å². The number of anilines is 1. The normalized spacial score (nSPS) is 13.6. The molecule has 3 heterocycles. The summed E-state index contributed by atoms with van der Waals surface area (Å²) in [5.74, 6) is 1.77. The lowest BCUT2D eigenvalue weighted by Crippen LogP contribution is -2.23. The van der Waals surface area contributed by atoms with Crippen LogP contribution in [0.15, 0.2) is 42.7 Å². The molecule has 1 N–H and O–H groups in total. The Morgan fingerprint density at radius 3 is 2.57 bits per heavy atom. The number of nitrogens with zero attached hydrogens (tertiary/aromatic N) is 5. The number of hydrogen-bond donors (Lipinski definition) is 1. The summed E-state index contributed by atoms with van der Waals surface area (Å²) in [5.41, 5.74) is 4.16. The predicted octanol–water partition coefficient (Wildman–Crippen LogP) is 3.13. The van der Waals surface area contributed by atoms with Crippen LogP contribution in [0.2, 0.25) is 0 Å². The van der Waals surface area contributed by atoms with Gasteiger partial charge >= 0.3 is 0 Å². The number of benzene rings is 1. The molecule has 0 spiro atoms. The van der Waals surface area contributed by atoms with Crippen molar-refractivity contribution in [2.24, 2.45) is 0 Å². The molecule has 1 aliphatic rings. The second-order valence-corrected chi connectivity index (χ2v) is 7.75. The van der Waals surface area contributed by atoms with Gasteiger partial charge in [0, 0.05) is 37.8 Å². The summed E-state index contributed by atoms with van der Waals surface area (Å²) in [4.78, 5) is 23.5. The first-order valence-corrected chi connectivity index (χ1v) is 10.5. The Hall–Kier alpha value is -3.22. The highest BCUT2D eigenvalue weighted by Gasteiger charge is 2.18. The number of amides is 1. The van der Waals surface area contributed by atoms with E-state index in [1.807, 2.05) is 54.9 Å². The molecule has 7 heteroatoms. The highest BCUT2D eigenvalue weighted by molar-refractivity contribution is 5.76. The topological polar surface area (TPSA) is 75.9 Å². The molecule has 1 aliphatic heterocycles. The van der Waals surface area contributed by atoms with E-state index in [4.69, 9.17) is 5.10 Å². The van der Waals surface area contributed by atoms with Crippen LogP contribution in [0.5, 0.6) is 0 Å². The van der Waals surface area contributed by atoms with Crippen LogP contribution < -0.4 is 10.2 Å². The molecular weight excluding hydrogens is 376 g/mol. The van der Waals surface area contributed by atoms with Crippen molar-refractivity contribution < 1.29 is 4.79 Å². The highest BCUT2D eigenvalue weighted by Crippen LogP contribution is 2.22. The van der Waals surface area contributed by atoms with E-state index < -0.39 is 0 Å². The zero-order valence-electron chi connectivity index (χ0n) is 17.6. The van der Waals surface area contributed by atoms with Crippen LogP contribution in [-0.4, -0.2) is 38.7 Å². The van der Waals surface area contributed by atoms with E-state index in [9.17, 15) is 4.79 Å². The third-order valence-electron chi connectivity index (χ3n) is 5.66. The molecule has 1 fully saturated rings. The van der Waals surface area contributed by atoms with Gasteiger partial charge in [0.05, 0.1) is 5.69 Å². The number of nitrogens with one attached hydrogen (secondary N) is 1. The van der Waals surface area contributed by atoms with Crippen molar-refractivity contribution in [3.8, 4) is 5.82 Å². The number of hydrogen-bond acceptors (Lipinski definition) is 5. The fraction of sp³-hybridized carbons (Fsp3) is 0.391.